The Kier molecular flexibility index (Phi) is 4.83. The molecule has 0 spiro atoms. The Bertz CT molecular complexity index is 867. The van der Waals surface area contributed by atoms with Gasteiger partial charge in [0.15, 0.2) is 5.13 Å². The molecule has 1 saturated carbocycles. The van der Waals surface area contributed by atoms with Gasteiger partial charge in [-0.25, -0.2) is 4.98 Å². The Labute approximate surface area is 164 Å². The third kappa shape index (κ3) is 3.30. The molecule has 1 N–H and O–H groups in total. The van der Waals surface area contributed by atoms with E-state index < -0.39 is 0 Å². The van der Waals surface area contributed by atoms with Crippen LogP contribution in [0.2, 0.25) is 0 Å². The van der Waals surface area contributed by atoms with E-state index in [0.717, 1.165) is 19.3 Å². The number of nitrogens with zero attached hydrogens (tertiary/aromatic N) is 1. The normalized spacial score (nSPS) is 17.5. The molecule has 1 aliphatic carbocycles. The number of aryl methyl sites for hydroxylation is 2. The van der Waals surface area contributed by atoms with Crippen LogP contribution in [0.1, 0.15) is 42.5 Å². The van der Waals surface area contributed by atoms with Crippen molar-refractivity contribution < 1.29 is 4.79 Å². The second-order valence-corrected chi connectivity index (χ2v) is 8.05. The van der Waals surface area contributed by atoms with Crippen LogP contribution in [0, 0.1) is 5.92 Å². The first kappa shape index (κ1) is 17.9. The zero-order valence-electron chi connectivity index (χ0n) is 15.7. The van der Waals surface area contributed by atoms with E-state index in [2.05, 4.69) is 72.7 Å². The van der Waals surface area contributed by atoms with Crippen molar-refractivity contribution in [2.75, 3.05) is 5.32 Å². The minimum Gasteiger partial charge on any atom is -0.302 e. The number of carbonyl (C=O) groups is 1. The summed E-state index contributed by atoms with van der Waals surface area (Å²) in [7, 11) is 0. The summed E-state index contributed by atoms with van der Waals surface area (Å²) in [6.45, 7) is 4.32. The number of amides is 1. The number of thiazole rings is 1. The average Bonchev–Trinajstić information content (AvgIpc) is 3.29. The summed E-state index contributed by atoms with van der Waals surface area (Å²) in [6.07, 6.45) is 4.59. The largest absolute Gasteiger partial charge is 0.302 e. The third-order valence-corrected chi connectivity index (χ3v) is 6.38. The van der Waals surface area contributed by atoms with Gasteiger partial charge in [-0.05, 0) is 41.5 Å². The number of nitrogens with one attached hydrogen (secondary N) is 1. The minimum atomic E-state index is -0.236. The molecule has 1 unspecified atom stereocenters. The summed E-state index contributed by atoms with van der Waals surface area (Å²) in [6, 6.07) is 17.5. The van der Waals surface area contributed by atoms with E-state index in [1.54, 1.807) is 6.20 Å². The highest BCUT2D eigenvalue weighted by Crippen LogP contribution is 2.59. The second kappa shape index (κ2) is 7.28. The summed E-state index contributed by atoms with van der Waals surface area (Å²) in [4.78, 5) is 17.1. The molecule has 1 aromatic heterocycles. The van der Waals surface area contributed by atoms with Crippen LogP contribution in [0.25, 0.3) is 0 Å². The van der Waals surface area contributed by atoms with Crippen LogP contribution in [0.15, 0.2) is 60.1 Å². The smallest absolute Gasteiger partial charge is 0.230 e. The van der Waals surface area contributed by atoms with Gasteiger partial charge >= 0.3 is 0 Å². The van der Waals surface area contributed by atoms with Gasteiger partial charge < -0.3 is 5.32 Å². The summed E-state index contributed by atoms with van der Waals surface area (Å²) in [5, 5.41) is 5.54. The van der Waals surface area contributed by atoms with E-state index in [1.165, 1.54) is 33.6 Å². The van der Waals surface area contributed by atoms with Gasteiger partial charge in [0.25, 0.3) is 0 Å². The predicted octanol–water partition coefficient (Wildman–Crippen LogP) is 5.21. The highest BCUT2D eigenvalue weighted by atomic mass is 32.1. The molecule has 1 fully saturated rings. The maximum absolute atomic E-state index is 12.9. The van der Waals surface area contributed by atoms with Crippen molar-refractivity contribution in [3.63, 3.8) is 0 Å². The molecule has 138 valence electrons. The Morgan fingerprint density at radius 1 is 1.04 bits per heavy atom. The van der Waals surface area contributed by atoms with E-state index in [-0.39, 0.29) is 17.2 Å². The first-order valence-corrected chi connectivity index (χ1v) is 10.4. The highest BCUT2D eigenvalue weighted by molar-refractivity contribution is 7.13. The third-order valence-electron chi connectivity index (χ3n) is 5.69. The topological polar surface area (TPSA) is 42.0 Å². The van der Waals surface area contributed by atoms with Crippen molar-refractivity contribution in [1.82, 2.24) is 4.98 Å². The molecule has 27 heavy (non-hydrogen) atoms. The van der Waals surface area contributed by atoms with E-state index in [1.807, 2.05) is 5.38 Å². The van der Waals surface area contributed by atoms with Crippen LogP contribution < -0.4 is 5.32 Å². The average molecular weight is 377 g/mol. The van der Waals surface area contributed by atoms with Crippen LogP contribution >= 0.6 is 11.3 Å². The predicted molar refractivity (Wildman–Crippen MR) is 111 cm³/mol. The molecule has 0 radical (unpaired) electrons. The molecule has 3 aromatic rings. The number of aromatic nitrogens is 1. The van der Waals surface area contributed by atoms with Gasteiger partial charge in [-0.2, -0.15) is 0 Å². The fourth-order valence-corrected chi connectivity index (χ4v) is 4.47. The van der Waals surface area contributed by atoms with Crippen LogP contribution in [-0.4, -0.2) is 10.9 Å². The van der Waals surface area contributed by atoms with Crippen molar-refractivity contribution in [1.29, 1.82) is 0 Å². The van der Waals surface area contributed by atoms with Crippen LogP contribution in [-0.2, 0) is 23.1 Å². The molecule has 4 heteroatoms. The molecule has 0 saturated heterocycles. The lowest BCUT2D eigenvalue weighted by atomic mass is 9.84. The number of rotatable bonds is 6. The number of hydrogen-bond acceptors (Lipinski definition) is 3. The van der Waals surface area contributed by atoms with Gasteiger partial charge in [-0.15, -0.1) is 11.3 Å². The van der Waals surface area contributed by atoms with E-state index in [9.17, 15) is 4.79 Å². The van der Waals surface area contributed by atoms with Gasteiger partial charge in [0.1, 0.15) is 0 Å². The van der Waals surface area contributed by atoms with Gasteiger partial charge in [-0.3, -0.25) is 4.79 Å². The standard InChI is InChI=1S/C23H24N2OS/c1-3-16-5-9-18(10-6-16)23(19-11-7-17(4-2)8-12-19)15-20(23)21(26)25-22-24-13-14-27-22/h5-14,20H,3-4,15H2,1-2H3,(H,24,25,26). The molecule has 3 nitrogen and oxygen atoms in total. The molecule has 0 bridgehead atoms. The van der Waals surface area contributed by atoms with Crippen molar-refractivity contribution in [3.05, 3.63) is 82.4 Å². The Morgan fingerprint density at radius 2 is 1.59 bits per heavy atom. The zero-order chi connectivity index (χ0) is 18.9. The summed E-state index contributed by atoms with van der Waals surface area (Å²) >= 11 is 1.46. The molecule has 4 rings (SSSR count). The summed E-state index contributed by atoms with van der Waals surface area (Å²) < 4.78 is 0. The first-order chi connectivity index (χ1) is 13.2. The first-order valence-electron chi connectivity index (χ1n) is 9.56. The molecular formula is C23H24N2OS. The molecular weight excluding hydrogens is 352 g/mol. The Balaban J connectivity index is 1.68. The summed E-state index contributed by atoms with van der Waals surface area (Å²) in [5.74, 6) is -0.00885. The molecule has 2 aromatic carbocycles. The lowest BCUT2D eigenvalue weighted by Crippen LogP contribution is -2.22. The Morgan fingerprint density at radius 3 is 2.04 bits per heavy atom. The number of hydrogen-bond donors (Lipinski definition) is 1. The molecule has 1 atom stereocenters. The van der Waals surface area contributed by atoms with Gasteiger partial charge in [0.05, 0.1) is 5.92 Å². The van der Waals surface area contributed by atoms with Gasteiger partial charge in [-0.1, -0.05) is 62.4 Å². The number of carbonyl (C=O) groups excluding carboxylic acids is 1. The SMILES string of the molecule is CCc1ccc(C2(c3ccc(CC)cc3)CC2C(=O)Nc2nccs2)cc1. The quantitative estimate of drug-likeness (QED) is 0.641. The fraction of sp³-hybridized carbons (Fsp3) is 0.304. The zero-order valence-corrected chi connectivity index (χ0v) is 16.6. The van der Waals surface area contributed by atoms with Gasteiger partial charge in [0.2, 0.25) is 5.91 Å². The monoisotopic (exact) mass is 376 g/mol. The van der Waals surface area contributed by atoms with E-state index in [4.69, 9.17) is 0 Å². The molecule has 0 aliphatic heterocycles. The summed E-state index contributed by atoms with van der Waals surface area (Å²) in [5.41, 5.74) is 4.85. The van der Waals surface area contributed by atoms with Crippen molar-refractivity contribution in [2.24, 2.45) is 5.92 Å². The van der Waals surface area contributed by atoms with Crippen LogP contribution in [0.3, 0.4) is 0 Å². The van der Waals surface area contributed by atoms with Crippen molar-refractivity contribution in [3.8, 4) is 0 Å². The molecule has 1 aliphatic rings. The van der Waals surface area contributed by atoms with E-state index in [0.29, 0.717) is 5.13 Å². The maximum atomic E-state index is 12.9. The van der Waals surface area contributed by atoms with Crippen molar-refractivity contribution >= 4 is 22.4 Å². The molecule has 1 amide bonds. The van der Waals surface area contributed by atoms with Gasteiger partial charge in [0, 0.05) is 17.0 Å². The van der Waals surface area contributed by atoms with Crippen molar-refractivity contribution in [2.45, 2.75) is 38.5 Å². The number of anilines is 1. The fourth-order valence-electron chi connectivity index (χ4n) is 3.94. The minimum absolute atomic E-state index is 0.0593. The van der Waals surface area contributed by atoms with E-state index >= 15 is 0 Å². The molecule has 1 heterocycles. The maximum Gasteiger partial charge on any atom is 0.230 e. The second-order valence-electron chi connectivity index (χ2n) is 7.16. The lowest BCUT2D eigenvalue weighted by Gasteiger charge is -2.20. The number of benzene rings is 2. The highest BCUT2D eigenvalue weighted by Gasteiger charge is 2.60. The Hall–Kier alpha value is -2.46. The lowest BCUT2D eigenvalue weighted by molar-refractivity contribution is -0.117. The van der Waals surface area contributed by atoms with Crippen LogP contribution in [0.4, 0.5) is 5.13 Å². The van der Waals surface area contributed by atoms with Crippen LogP contribution in [0.5, 0.6) is 0 Å².